The van der Waals surface area contributed by atoms with E-state index in [1.165, 1.54) is 0 Å². The van der Waals surface area contributed by atoms with Gasteiger partial charge < -0.3 is 10.4 Å². The maximum atomic E-state index is 12.8. The molecule has 27 heavy (non-hydrogen) atoms. The molecule has 4 nitrogen and oxygen atoms in total. The molecule has 0 saturated carbocycles. The van der Waals surface area contributed by atoms with Crippen molar-refractivity contribution in [1.29, 1.82) is 0 Å². The molecule has 1 fully saturated rings. The van der Waals surface area contributed by atoms with Gasteiger partial charge in [0.25, 0.3) is 0 Å². The first-order chi connectivity index (χ1) is 11.7. The first kappa shape index (κ1) is 24.3. The standard InChI is InChI=1S/C23H46N2O2/c1-16-14-15-25(17(26)27)23(20(8,9)10,21(11,12)13)22(24-16,18(2,3)4)19(5,6)7/h16,24H,14-15H2,1-13H3,(H,26,27)/t16-/m0/s1. The van der Waals surface area contributed by atoms with E-state index in [-0.39, 0.29) is 27.7 Å². The summed E-state index contributed by atoms with van der Waals surface area (Å²) in [6.07, 6.45) is 0.00215. The topological polar surface area (TPSA) is 52.6 Å². The number of amides is 1. The zero-order valence-electron chi connectivity index (χ0n) is 20.3. The second-order valence-corrected chi connectivity index (χ2v) is 12.7. The summed E-state index contributed by atoms with van der Waals surface area (Å²) in [6, 6.07) is 0.233. The highest BCUT2D eigenvalue weighted by Crippen LogP contribution is 2.65. The number of nitrogens with zero attached hydrogens (tertiary/aromatic N) is 1. The van der Waals surface area contributed by atoms with Gasteiger partial charge in [-0.1, -0.05) is 83.1 Å². The van der Waals surface area contributed by atoms with Crippen molar-refractivity contribution in [2.24, 2.45) is 21.7 Å². The van der Waals surface area contributed by atoms with Crippen molar-refractivity contribution in [3.63, 3.8) is 0 Å². The van der Waals surface area contributed by atoms with Gasteiger partial charge in [0.15, 0.2) is 0 Å². The number of nitrogens with one attached hydrogen (secondary N) is 1. The fraction of sp³-hybridized carbons (Fsp3) is 0.957. The third-order valence-electron chi connectivity index (χ3n) is 6.85. The summed E-state index contributed by atoms with van der Waals surface area (Å²) in [4.78, 5) is 14.6. The van der Waals surface area contributed by atoms with Crippen molar-refractivity contribution in [3.05, 3.63) is 0 Å². The average Bonchev–Trinajstić information content (AvgIpc) is 2.50. The predicted octanol–water partition coefficient (Wildman–Crippen LogP) is 6.01. The summed E-state index contributed by atoms with van der Waals surface area (Å²) in [7, 11) is 0. The molecule has 0 aromatic heterocycles. The van der Waals surface area contributed by atoms with Gasteiger partial charge in [-0.2, -0.15) is 0 Å². The van der Waals surface area contributed by atoms with Crippen LogP contribution in [0.2, 0.25) is 0 Å². The minimum atomic E-state index is -0.811. The molecule has 1 amide bonds. The highest BCUT2D eigenvalue weighted by molar-refractivity contribution is 5.68. The molecule has 1 aliphatic rings. The van der Waals surface area contributed by atoms with Crippen molar-refractivity contribution in [1.82, 2.24) is 10.2 Å². The Hall–Kier alpha value is -0.770. The lowest BCUT2D eigenvalue weighted by molar-refractivity contribution is -0.197. The number of hydrogen-bond acceptors (Lipinski definition) is 2. The van der Waals surface area contributed by atoms with Gasteiger partial charge >= 0.3 is 6.09 Å². The fourth-order valence-corrected chi connectivity index (χ4v) is 7.18. The van der Waals surface area contributed by atoms with Crippen LogP contribution in [0.25, 0.3) is 0 Å². The first-order valence-corrected chi connectivity index (χ1v) is 10.5. The van der Waals surface area contributed by atoms with Crippen molar-refractivity contribution < 1.29 is 9.90 Å². The molecule has 1 atom stereocenters. The highest BCUT2D eigenvalue weighted by Gasteiger charge is 2.74. The van der Waals surface area contributed by atoms with E-state index >= 15 is 0 Å². The molecule has 0 unspecified atom stereocenters. The number of carboxylic acid groups (broad SMARTS) is 1. The summed E-state index contributed by atoms with van der Waals surface area (Å²) in [5.41, 5.74) is -2.04. The van der Waals surface area contributed by atoms with Crippen LogP contribution < -0.4 is 5.32 Å². The van der Waals surface area contributed by atoms with E-state index in [9.17, 15) is 9.90 Å². The van der Waals surface area contributed by atoms with E-state index in [1.807, 2.05) is 0 Å². The SMILES string of the molecule is C[C@H]1CCN(C(=O)O)C(C(C)(C)C)(C(C)(C)C)C(C(C)(C)C)(C(C)(C)C)N1. The lowest BCUT2D eigenvalue weighted by Crippen LogP contribution is -2.86. The molecule has 0 aromatic rings. The van der Waals surface area contributed by atoms with Crippen LogP contribution in [-0.2, 0) is 0 Å². The van der Waals surface area contributed by atoms with Crippen LogP contribution in [0, 0.1) is 21.7 Å². The minimum Gasteiger partial charge on any atom is -0.465 e. The Morgan fingerprint density at radius 1 is 0.852 bits per heavy atom. The second kappa shape index (κ2) is 6.64. The molecular weight excluding hydrogens is 336 g/mol. The summed E-state index contributed by atoms with van der Waals surface area (Å²) in [6.45, 7) is 29.7. The van der Waals surface area contributed by atoms with Crippen LogP contribution in [0.1, 0.15) is 96.4 Å². The third kappa shape index (κ3) is 3.30. The van der Waals surface area contributed by atoms with Gasteiger partial charge in [0.1, 0.15) is 0 Å². The Morgan fingerprint density at radius 3 is 1.48 bits per heavy atom. The molecular formula is C23H46N2O2. The lowest BCUT2D eigenvalue weighted by atomic mass is 9.40. The van der Waals surface area contributed by atoms with E-state index in [0.29, 0.717) is 6.54 Å². The zero-order valence-corrected chi connectivity index (χ0v) is 20.3. The van der Waals surface area contributed by atoms with Crippen molar-refractivity contribution >= 4 is 6.09 Å². The monoisotopic (exact) mass is 382 g/mol. The average molecular weight is 383 g/mol. The van der Waals surface area contributed by atoms with E-state index in [4.69, 9.17) is 0 Å². The lowest BCUT2D eigenvalue weighted by Gasteiger charge is -2.73. The fourth-order valence-electron chi connectivity index (χ4n) is 7.18. The van der Waals surface area contributed by atoms with Crippen molar-refractivity contribution in [2.45, 2.75) is 114 Å². The second-order valence-electron chi connectivity index (χ2n) is 12.7. The Kier molecular flexibility index (Phi) is 5.97. The van der Waals surface area contributed by atoms with Crippen molar-refractivity contribution in [2.75, 3.05) is 6.54 Å². The molecule has 160 valence electrons. The quantitative estimate of drug-likeness (QED) is 0.539. The normalized spacial score (nSPS) is 24.5. The van der Waals surface area contributed by atoms with E-state index in [2.05, 4.69) is 95.3 Å². The highest BCUT2D eigenvalue weighted by atomic mass is 16.4. The van der Waals surface area contributed by atoms with Crippen LogP contribution in [0.3, 0.4) is 0 Å². The van der Waals surface area contributed by atoms with Gasteiger partial charge in [-0.05, 0) is 35.0 Å². The van der Waals surface area contributed by atoms with E-state index < -0.39 is 17.2 Å². The summed E-state index contributed by atoms with van der Waals surface area (Å²) >= 11 is 0. The molecule has 1 saturated heterocycles. The van der Waals surface area contributed by atoms with Crippen molar-refractivity contribution in [3.8, 4) is 0 Å². The molecule has 0 aromatic carbocycles. The van der Waals surface area contributed by atoms with Gasteiger partial charge in [-0.25, -0.2) is 4.79 Å². The minimum absolute atomic E-state index is 0.182. The molecule has 1 rings (SSSR count). The van der Waals surface area contributed by atoms with Crippen LogP contribution in [0.4, 0.5) is 4.79 Å². The van der Waals surface area contributed by atoms with Crippen LogP contribution in [-0.4, -0.2) is 39.8 Å². The molecule has 0 spiro atoms. The van der Waals surface area contributed by atoms with Gasteiger partial charge in [0.05, 0.1) is 11.1 Å². The van der Waals surface area contributed by atoms with E-state index in [1.54, 1.807) is 4.90 Å². The Balaban J connectivity index is 4.34. The van der Waals surface area contributed by atoms with Gasteiger partial charge in [-0.15, -0.1) is 0 Å². The molecule has 0 aliphatic carbocycles. The van der Waals surface area contributed by atoms with E-state index in [0.717, 1.165) is 6.42 Å². The van der Waals surface area contributed by atoms with Crippen LogP contribution in [0.5, 0.6) is 0 Å². The van der Waals surface area contributed by atoms with Gasteiger partial charge in [-0.3, -0.25) is 4.90 Å². The Morgan fingerprint density at radius 2 is 1.22 bits per heavy atom. The van der Waals surface area contributed by atoms with Gasteiger partial charge in [0, 0.05) is 12.6 Å². The molecule has 0 bridgehead atoms. The summed E-state index contributed by atoms with van der Waals surface area (Å²) in [5, 5.41) is 14.5. The largest absolute Gasteiger partial charge is 0.465 e. The summed E-state index contributed by atoms with van der Waals surface area (Å²) in [5.74, 6) is 0. The summed E-state index contributed by atoms with van der Waals surface area (Å²) < 4.78 is 0. The number of hydrogen-bond donors (Lipinski definition) is 2. The molecule has 0 radical (unpaired) electrons. The van der Waals surface area contributed by atoms with Crippen LogP contribution >= 0.6 is 0 Å². The smallest absolute Gasteiger partial charge is 0.407 e. The first-order valence-electron chi connectivity index (χ1n) is 10.5. The predicted molar refractivity (Wildman–Crippen MR) is 115 cm³/mol. The van der Waals surface area contributed by atoms with Crippen LogP contribution in [0.15, 0.2) is 0 Å². The van der Waals surface area contributed by atoms with Gasteiger partial charge in [0.2, 0.25) is 0 Å². The maximum absolute atomic E-state index is 12.8. The maximum Gasteiger partial charge on any atom is 0.407 e. The number of rotatable bonds is 0. The molecule has 4 heteroatoms. The third-order valence-corrected chi connectivity index (χ3v) is 6.85. The Bertz CT molecular complexity index is 525. The zero-order chi connectivity index (χ0) is 21.9. The molecule has 1 aliphatic heterocycles. The Labute approximate surface area is 168 Å². The molecule has 2 N–H and O–H groups in total. The number of carbonyl (C=O) groups is 1. The molecule has 1 heterocycles.